The second kappa shape index (κ2) is 8.43. The number of halogens is 1. The lowest BCUT2D eigenvalue weighted by Crippen LogP contribution is -2.48. The van der Waals surface area contributed by atoms with Crippen LogP contribution in [0.15, 0.2) is 16.3 Å². The number of piperidine rings is 1. The third kappa shape index (κ3) is 4.90. The average Bonchev–Trinajstić information content (AvgIpc) is 2.94. The van der Waals surface area contributed by atoms with Crippen LogP contribution >= 0.6 is 23.7 Å². The SMILES string of the molecule is Cc1ccc(S(=O)(=O)N2CCCC(C(=O)N[C@@H](C)CN)C2)s1.Cl. The van der Waals surface area contributed by atoms with Crippen LogP contribution in [0.3, 0.4) is 0 Å². The molecule has 2 rings (SSSR count). The fourth-order valence-electron chi connectivity index (χ4n) is 2.47. The number of hydrogen-bond acceptors (Lipinski definition) is 5. The first-order valence-electron chi connectivity index (χ1n) is 7.41. The van der Waals surface area contributed by atoms with E-state index in [1.165, 1.54) is 15.6 Å². The molecule has 1 aliphatic rings. The molecule has 1 aromatic heterocycles. The standard InChI is InChI=1S/C14H23N3O3S2.ClH/c1-10(8-15)16-14(18)12-4-3-7-17(9-12)22(19,20)13-6-5-11(2)21-13;/h5-6,10,12H,3-4,7-9,15H2,1-2H3,(H,16,18);1H/t10-,12?;/m0./s1. The molecule has 1 aliphatic heterocycles. The van der Waals surface area contributed by atoms with Crippen molar-refractivity contribution < 1.29 is 13.2 Å². The van der Waals surface area contributed by atoms with Gasteiger partial charge >= 0.3 is 0 Å². The van der Waals surface area contributed by atoms with E-state index in [4.69, 9.17) is 5.73 Å². The topological polar surface area (TPSA) is 92.5 Å². The van der Waals surface area contributed by atoms with Crippen molar-refractivity contribution in [2.24, 2.45) is 11.7 Å². The molecule has 1 saturated heterocycles. The van der Waals surface area contributed by atoms with E-state index >= 15 is 0 Å². The maximum Gasteiger partial charge on any atom is 0.252 e. The molecule has 0 spiro atoms. The van der Waals surface area contributed by atoms with E-state index < -0.39 is 10.0 Å². The van der Waals surface area contributed by atoms with Crippen LogP contribution in [0.5, 0.6) is 0 Å². The van der Waals surface area contributed by atoms with E-state index in [0.717, 1.165) is 4.88 Å². The molecule has 6 nitrogen and oxygen atoms in total. The minimum Gasteiger partial charge on any atom is -0.352 e. The Morgan fingerprint density at radius 2 is 2.22 bits per heavy atom. The van der Waals surface area contributed by atoms with Crippen LogP contribution in [-0.4, -0.2) is 44.3 Å². The minimum atomic E-state index is -3.49. The van der Waals surface area contributed by atoms with E-state index in [1.807, 2.05) is 13.8 Å². The summed E-state index contributed by atoms with van der Waals surface area (Å²) in [5.41, 5.74) is 5.51. The molecule has 0 bridgehead atoms. The fraction of sp³-hybridized carbons (Fsp3) is 0.643. The lowest BCUT2D eigenvalue weighted by Gasteiger charge is -2.31. The molecule has 132 valence electrons. The monoisotopic (exact) mass is 381 g/mol. The Balaban J connectivity index is 0.00000264. The summed E-state index contributed by atoms with van der Waals surface area (Å²) in [6.07, 6.45) is 1.40. The predicted molar refractivity (Wildman–Crippen MR) is 94.4 cm³/mol. The largest absolute Gasteiger partial charge is 0.352 e. The first kappa shape index (κ1) is 20.4. The molecule has 0 saturated carbocycles. The molecular weight excluding hydrogens is 358 g/mol. The Bertz CT molecular complexity index is 633. The van der Waals surface area contributed by atoms with E-state index in [-0.39, 0.29) is 36.8 Å². The number of nitrogens with two attached hydrogens (primary N) is 1. The number of rotatable bonds is 5. The molecule has 2 atom stereocenters. The molecule has 0 aromatic carbocycles. The molecule has 3 N–H and O–H groups in total. The molecule has 1 unspecified atom stereocenters. The van der Waals surface area contributed by atoms with E-state index in [2.05, 4.69) is 5.32 Å². The summed E-state index contributed by atoms with van der Waals surface area (Å²) < 4.78 is 27.0. The summed E-state index contributed by atoms with van der Waals surface area (Å²) in [6, 6.07) is 3.34. The number of nitrogens with one attached hydrogen (secondary N) is 1. The number of nitrogens with zero attached hydrogens (tertiary/aromatic N) is 1. The lowest BCUT2D eigenvalue weighted by molar-refractivity contribution is -0.126. The Kier molecular flexibility index (Phi) is 7.47. The van der Waals surface area contributed by atoms with Gasteiger partial charge in [0.1, 0.15) is 4.21 Å². The third-order valence-corrected chi connectivity index (χ3v) is 7.14. The summed E-state index contributed by atoms with van der Waals surface area (Å²) in [5, 5.41) is 2.83. The normalized spacial score (nSPS) is 20.6. The number of thiophene rings is 1. The number of amides is 1. The first-order valence-corrected chi connectivity index (χ1v) is 9.67. The predicted octanol–water partition coefficient (Wildman–Crippen LogP) is 1.34. The quantitative estimate of drug-likeness (QED) is 0.805. The number of aryl methyl sites for hydroxylation is 1. The van der Waals surface area contributed by atoms with Gasteiger partial charge in [0.2, 0.25) is 5.91 Å². The van der Waals surface area contributed by atoms with Crippen LogP contribution in [0.25, 0.3) is 0 Å². The van der Waals surface area contributed by atoms with Crippen molar-refractivity contribution >= 4 is 39.7 Å². The average molecular weight is 382 g/mol. The Labute approximate surface area is 147 Å². The van der Waals surface area contributed by atoms with E-state index in [9.17, 15) is 13.2 Å². The summed E-state index contributed by atoms with van der Waals surface area (Å²) in [4.78, 5) is 13.2. The van der Waals surface area contributed by atoms with E-state index in [0.29, 0.717) is 30.1 Å². The van der Waals surface area contributed by atoms with Gasteiger partial charge in [-0.15, -0.1) is 23.7 Å². The second-order valence-electron chi connectivity index (χ2n) is 5.71. The molecule has 1 aromatic rings. The number of carbonyl (C=O) groups is 1. The Morgan fingerprint density at radius 1 is 1.52 bits per heavy atom. The van der Waals surface area contributed by atoms with Crippen molar-refractivity contribution in [3.8, 4) is 0 Å². The highest BCUT2D eigenvalue weighted by atomic mass is 35.5. The molecule has 23 heavy (non-hydrogen) atoms. The van der Waals surface area contributed by atoms with Gasteiger partial charge in [0.15, 0.2) is 0 Å². The van der Waals surface area contributed by atoms with Gasteiger partial charge in [0, 0.05) is 30.6 Å². The van der Waals surface area contributed by atoms with Crippen molar-refractivity contribution in [2.75, 3.05) is 19.6 Å². The van der Waals surface area contributed by atoms with Crippen molar-refractivity contribution in [3.63, 3.8) is 0 Å². The number of sulfonamides is 1. The van der Waals surface area contributed by atoms with Gasteiger partial charge in [-0.2, -0.15) is 4.31 Å². The van der Waals surface area contributed by atoms with Crippen LogP contribution < -0.4 is 11.1 Å². The van der Waals surface area contributed by atoms with Crippen molar-refractivity contribution in [3.05, 3.63) is 17.0 Å². The highest BCUT2D eigenvalue weighted by Gasteiger charge is 2.34. The van der Waals surface area contributed by atoms with Crippen LogP contribution in [-0.2, 0) is 14.8 Å². The van der Waals surface area contributed by atoms with Gasteiger partial charge in [-0.25, -0.2) is 8.42 Å². The molecule has 9 heteroatoms. The minimum absolute atomic E-state index is 0. The zero-order valence-corrected chi connectivity index (χ0v) is 15.8. The summed E-state index contributed by atoms with van der Waals surface area (Å²) >= 11 is 1.27. The Hall–Kier alpha value is -0.670. The zero-order valence-electron chi connectivity index (χ0n) is 13.3. The summed E-state index contributed by atoms with van der Waals surface area (Å²) in [7, 11) is -3.49. The molecular formula is C14H24ClN3O3S2. The molecule has 1 amide bonds. The van der Waals surface area contributed by atoms with Crippen LogP contribution in [0.1, 0.15) is 24.6 Å². The second-order valence-corrected chi connectivity index (χ2v) is 9.17. The van der Waals surface area contributed by atoms with Crippen LogP contribution in [0.2, 0.25) is 0 Å². The van der Waals surface area contributed by atoms with Gasteiger partial charge < -0.3 is 11.1 Å². The first-order chi connectivity index (χ1) is 10.3. The highest BCUT2D eigenvalue weighted by molar-refractivity contribution is 7.91. The summed E-state index contributed by atoms with van der Waals surface area (Å²) in [6.45, 7) is 4.79. The van der Waals surface area contributed by atoms with Gasteiger partial charge in [-0.1, -0.05) is 0 Å². The lowest BCUT2D eigenvalue weighted by atomic mass is 9.98. The van der Waals surface area contributed by atoms with Gasteiger partial charge in [0.05, 0.1) is 5.92 Å². The molecule has 2 heterocycles. The maximum atomic E-state index is 12.6. The van der Waals surface area contributed by atoms with Crippen molar-refractivity contribution in [2.45, 2.75) is 36.9 Å². The number of carbonyl (C=O) groups excluding carboxylic acids is 1. The molecule has 0 aliphatic carbocycles. The van der Waals surface area contributed by atoms with Crippen molar-refractivity contribution in [1.82, 2.24) is 9.62 Å². The van der Waals surface area contributed by atoms with Crippen LogP contribution in [0.4, 0.5) is 0 Å². The smallest absolute Gasteiger partial charge is 0.252 e. The maximum absolute atomic E-state index is 12.6. The van der Waals surface area contributed by atoms with Crippen LogP contribution in [0, 0.1) is 12.8 Å². The zero-order chi connectivity index (χ0) is 16.3. The van der Waals surface area contributed by atoms with Gasteiger partial charge in [-0.05, 0) is 38.8 Å². The summed E-state index contributed by atoms with van der Waals surface area (Å²) in [5.74, 6) is -0.418. The number of hydrogen-bond donors (Lipinski definition) is 2. The van der Waals surface area contributed by atoms with E-state index in [1.54, 1.807) is 12.1 Å². The third-order valence-electron chi connectivity index (χ3n) is 3.81. The highest BCUT2D eigenvalue weighted by Crippen LogP contribution is 2.28. The van der Waals surface area contributed by atoms with Crippen molar-refractivity contribution in [1.29, 1.82) is 0 Å². The molecule has 0 radical (unpaired) electrons. The van der Waals surface area contributed by atoms with Gasteiger partial charge in [-0.3, -0.25) is 4.79 Å². The van der Waals surface area contributed by atoms with Gasteiger partial charge in [0.25, 0.3) is 10.0 Å². The molecule has 1 fully saturated rings. The fourth-order valence-corrected chi connectivity index (χ4v) is 5.43. The Morgan fingerprint density at radius 3 is 2.78 bits per heavy atom.